The summed E-state index contributed by atoms with van der Waals surface area (Å²) in [7, 11) is 0. The van der Waals surface area contributed by atoms with Gasteiger partial charge < -0.3 is 14.6 Å². The Morgan fingerprint density at radius 2 is 1.49 bits per heavy atom. The number of ether oxygens (including phenoxy) is 2. The SMILES string of the molecule is CCCC(O)c1ccc(C2CCC(C3CCC(OC(=O)c4ccc(OCC)c(F)c4F)CC3)CC2)c(F)c1F. The summed E-state index contributed by atoms with van der Waals surface area (Å²) in [5.41, 5.74) is -0.0143. The number of carbonyl (C=O) groups excluding carboxylic acids is 1. The molecule has 0 bridgehead atoms. The number of benzene rings is 2. The van der Waals surface area contributed by atoms with Gasteiger partial charge >= 0.3 is 5.97 Å². The maximum atomic E-state index is 14.9. The number of aliphatic hydroxyl groups is 1. The van der Waals surface area contributed by atoms with Crippen molar-refractivity contribution in [2.45, 2.75) is 96.2 Å². The van der Waals surface area contributed by atoms with Gasteiger partial charge in [-0.25, -0.2) is 18.0 Å². The van der Waals surface area contributed by atoms with Crippen LogP contribution in [0.15, 0.2) is 24.3 Å². The highest BCUT2D eigenvalue weighted by molar-refractivity contribution is 5.90. The van der Waals surface area contributed by atoms with Crippen LogP contribution in [0.2, 0.25) is 0 Å². The Hall–Kier alpha value is -2.61. The molecule has 2 aromatic carbocycles. The highest BCUT2D eigenvalue weighted by Crippen LogP contribution is 2.44. The topological polar surface area (TPSA) is 55.8 Å². The van der Waals surface area contributed by atoms with Crippen LogP contribution in [0.25, 0.3) is 0 Å². The van der Waals surface area contributed by atoms with Crippen molar-refractivity contribution in [1.82, 2.24) is 0 Å². The molecule has 0 heterocycles. The molecule has 2 fully saturated rings. The number of halogens is 4. The van der Waals surface area contributed by atoms with Gasteiger partial charge in [-0.2, -0.15) is 4.39 Å². The average molecular weight is 551 g/mol. The lowest BCUT2D eigenvalue weighted by Crippen LogP contribution is -2.30. The largest absolute Gasteiger partial charge is 0.491 e. The molecule has 0 aliphatic heterocycles. The fourth-order valence-corrected chi connectivity index (χ4v) is 6.33. The van der Waals surface area contributed by atoms with Crippen LogP contribution >= 0.6 is 0 Å². The van der Waals surface area contributed by atoms with Crippen LogP contribution < -0.4 is 4.74 Å². The fourth-order valence-electron chi connectivity index (χ4n) is 6.33. The summed E-state index contributed by atoms with van der Waals surface area (Å²) in [5.74, 6) is -4.47. The number of hydrogen-bond donors (Lipinski definition) is 1. The zero-order chi connectivity index (χ0) is 28.1. The summed E-state index contributed by atoms with van der Waals surface area (Å²) in [6, 6.07) is 5.58. The zero-order valence-corrected chi connectivity index (χ0v) is 22.7. The van der Waals surface area contributed by atoms with E-state index in [2.05, 4.69) is 0 Å². The normalized spacial score (nSPS) is 24.3. The van der Waals surface area contributed by atoms with Crippen LogP contribution in [0.1, 0.15) is 112 Å². The molecule has 0 spiro atoms. The molecular weight excluding hydrogens is 512 g/mol. The van der Waals surface area contributed by atoms with E-state index in [0.29, 0.717) is 43.1 Å². The van der Waals surface area contributed by atoms with Gasteiger partial charge in [-0.3, -0.25) is 0 Å². The minimum absolute atomic E-state index is 0.0274. The highest BCUT2D eigenvalue weighted by Gasteiger charge is 2.34. The third-order valence-corrected chi connectivity index (χ3v) is 8.50. The Bertz CT molecular complexity index is 1140. The number of rotatable bonds is 9. The van der Waals surface area contributed by atoms with Crippen molar-refractivity contribution in [3.63, 3.8) is 0 Å². The van der Waals surface area contributed by atoms with E-state index < -0.39 is 40.9 Å². The average Bonchev–Trinajstić information content (AvgIpc) is 2.93. The van der Waals surface area contributed by atoms with Gasteiger partial charge in [-0.1, -0.05) is 25.5 Å². The molecule has 39 heavy (non-hydrogen) atoms. The molecular formula is C31H38F4O4. The Morgan fingerprint density at radius 1 is 0.846 bits per heavy atom. The molecule has 214 valence electrons. The summed E-state index contributed by atoms with van der Waals surface area (Å²) in [6.45, 7) is 3.72. The van der Waals surface area contributed by atoms with Gasteiger partial charge in [0.1, 0.15) is 6.10 Å². The molecule has 0 amide bonds. The van der Waals surface area contributed by atoms with E-state index in [1.807, 2.05) is 6.92 Å². The summed E-state index contributed by atoms with van der Waals surface area (Å²) >= 11 is 0. The monoisotopic (exact) mass is 550 g/mol. The van der Waals surface area contributed by atoms with E-state index in [1.165, 1.54) is 18.2 Å². The van der Waals surface area contributed by atoms with Crippen molar-refractivity contribution in [1.29, 1.82) is 0 Å². The van der Waals surface area contributed by atoms with Crippen LogP contribution in [-0.2, 0) is 4.74 Å². The number of hydrogen-bond acceptors (Lipinski definition) is 4. The Balaban J connectivity index is 1.27. The predicted octanol–water partition coefficient (Wildman–Crippen LogP) is 8.16. The van der Waals surface area contributed by atoms with Crippen molar-refractivity contribution >= 4 is 5.97 Å². The molecule has 1 unspecified atom stereocenters. The Labute approximate surface area is 227 Å². The third kappa shape index (κ3) is 6.59. The van der Waals surface area contributed by atoms with E-state index in [-0.39, 0.29) is 29.9 Å². The first-order chi connectivity index (χ1) is 18.7. The van der Waals surface area contributed by atoms with Gasteiger partial charge in [0.25, 0.3) is 0 Å². The second kappa shape index (κ2) is 13.2. The molecule has 2 saturated carbocycles. The minimum Gasteiger partial charge on any atom is -0.491 e. The first-order valence-corrected chi connectivity index (χ1v) is 14.2. The van der Waals surface area contributed by atoms with Crippen LogP contribution in [0.5, 0.6) is 5.75 Å². The van der Waals surface area contributed by atoms with Crippen molar-refractivity contribution in [2.75, 3.05) is 6.61 Å². The highest BCUT2D eigenvalue weighted by atomic mass is 19.2. The second-order valence-corrected chi connectivity index (χ2v) is 10.9. The first-order valence-electron chi connectivity index (χ1n) is 14.2. The predicted molar refractivity (Wildman–Crippen MR) is 140 cm³/mol. The lowest BCUT2D eigenvalue weighted by Gasteiger charge is -2.37. The van der Waals surface area contributed by atoms with Crippen molar-refractivity contribution in [3.05, 3.63) is 64.2 Å². The molecule has 1 N–H and O–H groups in total. The van der Waals surface area contributed by atoms with Gasteiger partial charge in [0, 0.05) is 5.56 Å². The van der Waals surface area contributed by atoms with E-state index in [0.717, 1.165) is 38.5 Å². The maximum Gasteiger partial charge on any atom is 0.341 e. The van der Waals surface area contributed by atoms with E-state index in [9.17, 15) is 27.5 Å². The van der Waals surface area contributed by atoms with Crippen molar-refractivity contribution in [2.24, 2.45) is 11.8 Å². The number of aliphatic hydroxyl groups excluding tert-OH is 1. The van der Waals surface area contributed by atoms with E-state index in [1.54, 1.807) is 13.0 Å². The second-order valence-electron chi connectivity index (χ2n) is 10.9. The molecule has 2 aromatic rings. The number of carbonyl (C=O) groups is 1. The van der Waals surface area contributed by atoms with Gasteiger partial charge in [-0.05, 0) is 100 Å². The molecule has 0 aromatic heterocycles. The van der Waals surface area contributed by atoms with Gasteiger partial charge in [-0.15, -0.1) is 0 Å². The van der Waals surface area contributed by atoms with Gasteiger partial charge in [0.15, 0.2) is 23.2 Å². The lowest BCUT2D eigenvalue weighted by atomic mass is 9.69. The maximum absolute atomic E-state index is 14.9. The van der Waals surface area contributed by atoms with E-state index in [4.69, 9.17) is 9.47 Å². The Kier molecular flexibility index (Phi) is 9.91. The smallest absolute Gasteiger partial charge is 0.341 e. The quantitative estimate of drug-likeness (QED) is 0.253. The van der Waals surface area contributed by atoms with Crippen LogP contribution in [0.3, 0.4) is 0 Å². The summed E-state index contributed by atoms with van der Waals surface area (Å²) < 4.78 is 68.6. The van der Waals surface area contributed by atoms with Crippen LogP contribution in [-0.4, -0.2) is 23.8 Å². The lowest BCUT2D eigenvalue weighted by molar-refractivity contribution is 0.0109. The molecule has 4 rings (SSSR count). The summed E-state index contributed by atoms with van der Waals surface area (Å²) in [6.07, 6.45) is 6.13. The molecule has 4 nitrogen and oxygen atoms in total. The van der Waals surface area contributed by atoms with Crippen molar-refractivity contribution < 1.29 is 36.9 Å². The van der Waals surface area contributed by atoms with Gasteiger partial charge in [0.05, 0.1) is 18.3 Å². The van der Waals surface area contributed by atoms with E-state index >= 15 is 0 Å². The molecule has 2 aliphatic rings. The molecule has 0 saturated heterocycles. The zero-order valence-electron chi connectivity index (χ0n) is 22.7. The summed E-state index contributed by atoms with van der Waals surface area (Å²) in [4.78, 5) is 12.5. The first kappa shape index (κ1) is 29.4. The molecule has 1 atom stereocenters. The van der Waals surface area contributed by atoms with Crippen molar-refractivity contribution in [3.8, 4) is 5.75 Å². The summed E-state index contributed by atoms with van der Waals surface area (Å²) in [5, 5.41) is 10.1. The molecule has 8 heteroatoms. The van der Waals surface area contributed by atoms with Crippen LogP contribution in [0, 0.1) is 35.1 Å². The third-order valence-electron chi connectivity index (χ3n) is 8.50. The standard InChI is InChI=1S/C31H38F4O4/c1-3-5-25(36)23-15-14-22(27(32)28(23)33)20-8-6-18(7-9-20)19-10-12-21(13-11-19)39-31(37)24-16-17-26(38-4-2)30(35)29(24)34/h14-21,25,36H,3-13H2,1-2H3. The van der Waals surface area contributed by atoms with Gasteiger partial charge in [0.2, 0.25) is 5.82 Å². The Morgan fingerprint density at radius 3 is 2.10 bits per heavy atom. The minimum atomic E-state index is -1.26. The molecule has 0 radical (unpaired) electrons. The van der Waals surface area contributed by atoms with Crippen LogP contribution in [0.4, 0.5) is 17.6 Å². The number of esters is 1. The fraction of sp³-hybridized carbons (Fsp3) is 0.581. The molecule has 2 aliphatic carbocycles.